The van der Waals surface area contributed by atoms with Crippen LogP contribution in [0.2, 0.25) is 0 Å². The molecule has 4 heteroatoms. The van der Waals surface area contributed by atoms with Gasteiger partial charge in [-0.15, -0.1) is 0 Å². The van der Waals surface area contributed by atoms with Crippen molar-refractivity contribution in [1.29, 1.82) is 0 Å². The van der Waals surface area contributed by atoms with Crippen LogP contribution in [0.15, 0.2) is 18.2 Å². The lowest BCUT2D eigenvalue weighted by Crippen LogP contribution is -2.47. The van der Waals surface area contributed by atoms with E-state index in [0.29, 0.717) is 12.3 Å². The second-order valence-electron chi connectivity index (χ2n) is 8.84. The van der Waals surface area contributed by atoms with E-state index >= 15 is 0 Å². The third-order valence-corrected chi connectivity index (χ3v) is 6.78. The maximum Gasteiger partial charge on any atom is 0.146 e. The van der Waals surface area contributed by atoms with Gasteiger partial charge in [-0.25, -0.2) is 0 Å². The second kappa shape index (κ2) is 10.4. The summed E-state index contributed by atoms with van der Waals surface area (Å²) in [6, 6.07) is 6.67. The van der Waals surface area contributed by atoms with Crippen molar-refractivity contribution in [2.45, 2.75) is 52.9 Å². The van der Waals surface area contributed by atoms with Gasteiger partial charge in [-0.2, -0.15) is 0 Å². The predicted molar refractivity (Wildman–Crippen MR) is 118 cm³/mol. The Kier molecular flexibility index (Phi) is 7.92. The van der Waals surface area contributed by atoms with E-state index in [1.54, 1.807) is 0 Å². The van der Waals surface area contributed by atoms with Gasteiger partial charge in [-0.3, -0.25) is 14.6 Å². The minimum Gasteiger partial charge on any atom is -0.369 e. The molecule has 2 aliphatic rings. The summed E-state index contributed by atoms with van der Waals surface area (Å²) in [5.74, 6) is 1.26. The number of Topliss-reactive ketones (excluding diaryl/α,β-unsaturated/α-hetero) is 1. The van der Waals surface area contributed by atoms with Crippen molar-refractivity contribution in [1.82, 2.24) is 9.80 Å². The molecule has 0 radical (unpaired) electrons. The van der Waals surface area contributed by atoms with Crippen LogP contribution in [-0.4, -0.2) is 67.9 Å². The Morgan fingerprint density at radius 1 is 1.00 bits per heavy atom. The van der Waals surface area contributed by atoms with Gasteiger partial charge in [-0.1, -0.05) is 19.1 Å². The van der Waals surface area contributed by atoms with Gasteiger partial charge in [0.1, 0.15) is 5.78 Å². The van der Waals surface area contributed by atoms with Gasteiger partial charge in [0, 0.05) is 38.3 Å². The number of benzene rings is 1. The van der Waals surface area contributed by atoms with Crippen LogP contribution in [0.5, 0.6) is 0 Å². The molecule has 4 nitrogen and oxygen atoms in total. The van der Waals surface area contributed by atoms with E-state index in [2.05, 4.69) is 53.7 Å². The standard InChI is InChI=1S/C24H39N3O/c1-4-6-23(28)19-26-13-10-22(11-14-26)9-12-25-15-17-27(18-16-25)24-8-5-7-20(2)21(24)3/h5,7-8,22H,4,6,9-19H2,1-3H3. The molecule has 2 aliphatic heterocycles. The Balaban J connectivity index is 1.35. The number of piperazine rings is 1. The van der Waals surface area contributed by atoms with E-state index in [0.717, 1.165) is 44.9 Å². The van der Waals surface area contributed by atoms with Gasteiger partial charge in [0.05, 0.1) is 6.54 Å². The number of carbonyl (C=O) groups is 1. The maximum absolute atomic E-state index is 11.8. The number of nitrogens with zero attached hydrogens (tertiary/aromatic N) is 3. The zero-order valence-electron chi connectivity index (χ0n) is 18.3. The average molecular weight is 386 g/mol. The number of rotatable bonds is 8. The number of likely N-dealkylation sites (tertiary alicyclic amines) is 1. The molecule has 3 rings (SSSR count). The van der Waals surface area contributed by atoms with E-state index in [4.69, 9.17) is 0 Å². The summed E-state index contributed by atoms with van der Waals surface area (Å²) in [5.41, 5.74) is 4.24. The first-order valence-electron chi connectivity index (χ1n) is 11.3. The maximum atomic E-state index is 11.8. The molecule has 0 bridgehead atoms. The van der Waals surface area contributed by atoms with Crippen LogP contribution < -0.4 is 4.90 Å². The van der Waals surface area contributed by atoms with Crippen molar-refractivity contribution in [2.75, 3.05) is 57.3 Å². The lowest BCUT2D eigenvalue weighted by Gasteiger charge is -2.38. The van der Waals surface area contributed by atoms with Crippen LogP contribution in [0.4, 0.5) is 5.69 Å². The fourth-order valence-corrected chi connectivity index (χ4v) is 4.70. The van der Waals surface area contributed by atoms with Crippen molar-refractivity contribution in [2.24, 2.45) is 5.92 Å². The van der Waals surface area contributed by atoms with Crippen LogP contribution in [0, 0.1) is 19.8 Å². The third-order valence-electron chi connectivity index (χ3n) is 6.78. The van der Waals surface area contributed by atoms with Gasteiger partial charge in [-0.05, 0) is 82.3 Å². The van der Waals surface area contributed by atoms with Gasteiger partial charge < -0.3 is 4.90 Å². The number of anilines is 1. The number of aryl methyl sites for hydroxylation is 1. The Morgan fingerprint density at radius 3 is 2.39 bits per heavy atom. The molecule has 0 unspecified atom stereocenters. The molecule has 1 aromatic carbocycles. The number of ketones is 1. The Labute approximate surface area is 171 Å². The molecule has 0 amide bonds. The van der Waals surface area contributed by atoms with Gasteiger partial charge in [0.25, 0.3) is 0 Å². The van der Waals surface area contributed by atoms with Crippen LogP contribution in [0.25, 0.3) is 0 Å². The zero-order chi connectivity index (χ0) is 19.9. The summed E-state index contributed by atoms with van der Waals surface area (Å²) in [4.78, 5) is 19.4. The highest BCUT2D eigenvalue weighted by Gasteiger charge is 2.23. The summed E-state index contributed by atoms with van der Waals surface area (Å²) >= 11 is 0. The lowest BCUT2D eigenvalue weighted by molar-refractivity contribution is -0.120. The molecule has 2 saturated heterocycles. The molecule has 2 fully saturated rings. The molecule has 0 spiro atoms. The number of hydrogen-bond donors (Lipinski definition) is 0. The molecule has 0 saturated carbocycles. The first-order chi connectivity index (χ1) is 13.6. The normalized spacial score (nSPS) is 19.9. The molecular formula is C24H39N3O. The van der Waals surface area contributed by atoms with Gasteiger partial charge in [0.15, 0.2) is 0 Å². The zero-order valence-corrected chi connectivity index (χ0v) is 18.3. The number of carbonyl (C=O) groups excluding carboxylic acids is 1. The summed E-state index contributed by atoms with van der Waals surface area (Å²) in [6.07, 6.45) is 5.57. The average Bonchev–Trinajstić information content (AvgIpc) is 2.70. The molecule has 0 aliphatic carbocycles. The summed E-state index contributed by atoms with van der Waals surface area (Å²) in [5, 5.41) is 0. The van der Waals surface area contributed by atoms with Gasteiger partial charge in [0.2, 0.25) is 0 Å². The molecular weight excluding hydrogens is 346 g/mol. The van der Waals surface area contributed by atoms with Crippen LogP contribution in [0.1, 0.15) is 50.2 Å². The number of hydrogen-bond acceptors (Lipinski definition) is 4. The highest BCUT2D eigenvalue weighted by molar-refractivity contribution is 5.80. The Bertz CT molecular complexity index is 629. The summed E-state index contributed by atoms with van der Waals surface area (Å²) < 4.78 is 0. The van der Waals surface area contributed by atoms with Crippen molar-refractivity contribution >= 4 is 11.5 Å². The summed E-state index contributed by atoms with van der Waals surface area (Å²) in [7, 11) is 0. The second-order valence-corrected chi connectivity index (χ2v) is 8.84. The fraction of sp³-hybridized carbons (Fsp3) is 0.708. The third kappa shape index (κ3) is 5.81. The van der Waals surface area contributed by atoms with E-state index in [1.165, 1.54) is 55.7 Å². The largest absolute Gasteiger partial charge is 0.369 e. The van der Waals surface area contributed by atoms with E-state index in [1.807, 2.05) is 0 Å². The van der Waals surface area contributed by atoms with Crippen LogP contribution in [0.3, 0.4) is 0 Å². The first-order valence-corrected chi connectivity index (χ1v) is 11.3. The van der Waals surface area contributed by atoms with Crippen molar-refractivity contribution in [3.8, 4) is 0 Å². The quantitative estimate of drug-likeness (QED) is 0.678. The number of piperidine rings is 1. The minimum atomic E-state index is 0.419. The molecule has 0 atom stereocenters. The highest BCUT2D eigenvalue weighted by Crippen LogP contribution is 2.25. The lowest BCUT2D eigenvalue weighted by atomic mass is 9.93. The Hall–Kier alpha value is -1.39. The predicted octanol–water partition coefficient (Wildman–Crippen LogP) is 3.90. The van der Waals surface area contributed by atoms with E-state index in [-0.39, 0.29) is 0 Å². The Morgan fingerprint density at radius 2 is 1.71 bits per heavy atom. The molecule has 0 N–H and O–H groups in total. The van der Waals surface area contributed by atoms with Crippen LogP contribution >= 0.6 is 0 Å². The molecule has 2 heterocycles. The fourth-order valence-electron chi connectivity index (χ4n) is 4.70. The van der Waals surface area contributed by atoms with Crippen molar-refractivity contribution < 1.29 is 4.79 Å². The van der Waals surface area contributed by atoms with Crippen LogP contribution in [-0.2, 0) is 4.79 Å². The van der Waals surface area contributed by atoms with Gasteiger partial charge >= 0.3 is 0 Å². The molecule has 1 aromatic rings. The molecule has 0 aromatic heterocycles. The highest BCUT2D eigenvalue weighted by atomic mass is 16.1. The first kappa shape index (κ1) is 21.3. The van der Waals surface area contributed by atoms with Crippen molar-refractivity contribution in [3.63, 3.8) is 0 Å². The molecule has 28 heavy (non-hydrogen) atoms. The SMILES string of the molecule is CCCC(=O)CN1CCC(CCN2CCN(c3cccc(C)c3C)CC2)CC1. The van der Waals surface area contributed by atoms with Crippen molar-refractivity contribution in [3.05, 3.63) is 29.3 Å². The van der Waals surface area contributed by atoms with E-state index in [9.17, 15) is 4.79 Å². The van der Waals surface area contributed by atoms with E-state index < -0.39 is 0 Å². The molecule has 156 valence electrons. The smallest absolute Gasteiger partial charge is 0.146 e. The summed E-state index contributed by atoms with van der Waals surface area (Å²) in [6.45, 7) is 15.3. The monoisotopic (exact) mass is 385 g/mol. The topological polar surface area (TPSA) is 26.8 Å². The minimum absolute atomic E-state index is 0.419.